The lowest BCUT2D eigenvalue weighted by Crippen LogP contribution is -2.15. The average molecular weight is 611 g/mol. The Hall–Kier alpha value is -4.70. The van der Waals surface area contributed by atoms with Gasteiger partial charge in [-0.05, 0) is 67.7 Å². The van der Waals surface area contributed by atoms with Crippen molar-refractivity contribution in [2.24, 2.45) is 0 Å². The largest absolute Gasteiger partial charge is 0.0622 e. The summed E-state index contributed by atoms with van der Waals surface area (Å²) in [7, 11) is -1.55. The number of hydrogen-bond donors (Lipinski definition) is 0. The van der Waals surface area contributed by atoms with Crippen LogP contribution in [0.2, 0.25) is 0 Å². The van der Waals surface area contributed by atoms with E-state index >= 15 is 0 Å². The minimum Gasteiger partial charge on any atom is -0.0622 e. The van der Waals surface area contributed by atoms with Crippen LogP contribution in [0.3, 0.4) is 0 Å². The fourth-order valence-electron chi connectivity index (χ4n) is 6.00. The first-order chi connectivity index (χ1) is 22.1. The van der Waals surface area contributed by atoms with Crippen LogP contribution in [0.1, 0.15) is 36.1 Å². The van der Waals surface area contributed by atoms with Crippen LogP contribution < -0.4 is 21.2 Å². The van der Waals surface area contributed by atoms with Gasteiger partial charge in [-0.15, -0.1) is 0 Å². The maximum absolute atomic E-state index is 3.67. The summed E-state index contributed by atoms with van der Waals surface area (Å²) < 4.78 is 0. The third-order valence-corrected chi connectivity index (χ3v) is 12.3. The summed E-state index contributed by atoms with van der Waals surface area (Å²) in [6.07, 6.45) is 0. The lowest BCUT2D eigenvalue weighted by Gasteiger charge is -2.21. The lowest BCUT2D eigenvalue weighted by atomic mass is 9.81. The van der Waals surface area contributed by atoms with Crippen LogP contribution in [0, 0.1) is 23.2 Å². The Morgan fingerprint density at radius 1 is 0.400 bits per heavy atom. The number of rotatable bonds is 4. The van der Waals surface area contributed by atoms with Gasteiger partial charge in [-0.3, -0.25) is 0 Å². The molecule has 0 spiro atoms. The molecule has 0 nitrogen and oxygen atoms in total. The third-order valence-electron chi connectivity index (χ3n) is 8.36. The van der Waals surface area contributed by atoms with Crippen molar-refractivity contribution in [2.45, 2.75) is 19.3 Å². The molecule has 1 aliphatic rings. The van der Waals surface area contributed by atoms with E-state index in [0.29, 0.717) is 0 Å². The van der Waals surface area contributed by atoms with Gasteiger partial charge in [0.25, 0.3) is 0 Å². The molecule has 6 aromatic carbocycles. The molecule has 45 heavy (non-hydrogen) atoms. The third kappa shape index (κ3) is 6.02. The van der Waals surface area contributed by atoms with Crippen LogP contribution in [0.15, 0.2) is 158 Å². The second-order valence-electron chi connectivity index (χ2n) is 11.6. The summed E-state index contributed by atoms with van der Waals surface area (Å²) in [5.74, 6) is 7.14. The standard InChI is InChI=1S/C43H32P2/c1-43(2)41-31-33(27-29-44(35-15-7-3-8-16-35)36-17-9-4-10-18-36)23-25-39(41)40-26-24-34(32-42(40)43)28-30-45(37-19-11-5-12-20-37)38-21-13-6-14-22-38/h3-26,31-32H,1-2H3. The van der Waals surface area contributed by atoms with Gasteiger partial charge in [-0.2, -0.15) is 0 Å². The highest BCUT2D eigenvalue weighted by atomic mass is 31.1. The molecule has 0 saturated carbocycles. The van der Waals surface area contributed by atoms with Crippen molar-refractivity contribution in [3.05, 3.63) is 180 Å². The Kier molecular flexibility index (Phi) is 8.21. The van der Waals surface area contributed by atoms with E-state index in [-0.39, 0.29) is 5.41 Å². The molecule has 0 aromatic heterocycles. The molecule has 0 fully saturated rings. The second-order valence-corrected chi connectivity index (χ2v) is 15.5. The van der Waals surface area contributed by atoms with Crippen molar-refractivity contribution in [2.75, 3.05) is 0 Å². The van der Waals surface area contributed by atoms with E-state index in [1.54, 1.807) is 0 Å². The second kappa shape index (κ2) is 12.7. The number of fused-ring (bicyclic) bond motifs is 3. The zero-order valence-electron chi connectivity index (χ0n) is 25.4. The molecule has 0 atom stereocenters. The zero-order chi connectivity index (χ0) is 30.6. The van der Waals surface area contributed by atoms with Gasteiger partial charge in [0.05, 0.1) is 0 Å². The molecule has 0 saturated heterocycles. The smallest absolute Gasteiger partial charge is 0.0348 e. The summed E-state index contributed by atoms with van der Waals surface area (Å²) in [6.45, 7) is 4.65. The van der Waals surface area contributed by atoms with Crippen LogP contribution in [-0.4, -0.2) is 0 Å². The lowest BCUT2D eigenvalue weighted by molar-refractivity contribution is 0.660. The quantitative estimate of drug-likeness (QED) is 0.138. The Balaban J connectivity index is 1.21. The predicted molar refractivity (Wildman–Crippen MR) is 196 cm³/mol. The molecular formula is C43H32P2. The normalized spacial score (nSPS) is 12.4. The summed E-state index contributed by atoms with van der Waals surface area (Å²) in [6, 6.07) is 56.2. The predicted octanol–water partition coefficient (Wildman–Crippen LogP) is 8.88. The van der Waals surface area contributed by atoms with Crippen molar-refractivity contribution in [1.29, 1.82) is 0 Å². The van der Waals surface area contributed by atoms with E-state index in [0.717, 1.165) is 11.1 Å². The van der Waals surface area contributed by atoms with Crippen LogP contribution in [-0.2, 0) is 5.41 Å². The Morgan fingerprint density at radius 3 is 1.02 bits per heavy atom. The molecule has 1 aliphatic carbocycles. The summed E-state index contributed by atoms with van der Waals surface area (Å²) in [4.78, 5) is 0. The molecule has 0 unspecified atom stereocenters. The highest BCUT2D eigenvalue weighted by Gasteiger charge is 2.35. The van der Waals surface area contributed by atoms with E-state index in [2.05, 4.69) is 195 Å². The SMILES string of the molecule is CC1(C)c2cc(C#CP(c3ccccc3)c3ccccc3)ccc2-c2ccc(C#CP(c3ccccc3)c3ccccc3)cc21. The van der Waals surface area contributed by atoms with Gasteiger partial charge in [0.2, 0.25) is 0 Å². The van der Waals surface area contributed by atoms with Gasteiger partial charge >= 0.3 is 0 Å². The zero-order valence-corrected chi connectivity index (χ0v) is 27.2. The first-order valence-electron chi connectivity index (χ1n) is 15.2. The molecule has 0 N–H and O–H groups in total. The van der Waals surface area contributed by atoms with Crippen molar-refractivity contribution >= 4 is 37.1 Å². The van der Waals surface area contributed by atoms with Crippen LogP contribution in [0.5, 0.6) is 0 Å². The highest BCUT2D eigenvalue weighted by molar-refractivity contribution is 7.77. The van der Waals surface area contributed by atoms with E-state index in [9.17, 15) is 0 Å². The van der Waals surface area contributed by atoms with E-state index in [1.807, 2.05) is 0 Å². The number of benzene rings is 6. The highest BCUT2D eigenvalue weighted by Crippen LogP contribution is 2.49. The van der Waals surface area contributed by atoms with Crippen LogP contribution in [0.4, 0.5) is 0 Å². The van der Waals surface area contributed by atoms with Crippen molar-refractivity contribution < 1.29 is 0 Å². The van der Waals surface area contributed by atoms with Gasteiger partial charge in [0, 0.05) is 32.4 Å². The molecule has 0 heterocycles. The van der Waals surface area contributed by atoms with Crippen molar-refractivity contribution in [3.63, 3.8) is 0 Å². The van der Waals surface area contributed by atoms with E-state index in [1.165, 1.54) is 43.5 Å². The molecule has 2 heteroatoms. The Morgan fingerprint density at radius 2 is 0.711 bits per heavy atom. The fourth-order valence-corrected chi connectivity index (χ4v) is 9.47. The monoisotopic (exact) mass is 610 g/mol. The molecular weight excluding hydrogens is 578 g/mol. The molecule has 214 valence electrons. The van der Waals surface area contributed by atoms with Crippen LogP contribution >= 0.6 is 15.8 Å². The van der Waals surface area contributed by atoms with Gasteiger partial charge in [-0.25, -0.2) is 0 Å². The summed E-state index contributed by atoms with van der Waals surface area (Å²) in [5.41, 5.74) is 14.6. The van der Waals surface area contributed by atoms with Crippen LogP contribution in [0.25, 0.3) is 11.1 Å². The topological polar surface area (TPSA) is 0 Å². The van der Waals surface area contributed by atoms with Gasteiger partial charge in [0.1, 0.15) is 0 Å². The molecule has 0 amide bonds. The Labute approximate surface area is 269 Å². The first kappa shape index (κ1) is 29.0. The maximum Gasteiger partial charge on any atom is 0.0348 e. The summed E-state index contributed by atoms with van der Waals surface area (Å²) >= 11 is 0. The Bertz CT molecular complexity index is 1840. The van der Waals surface area contributed by atoms with Gasteiger partial charge in [-0.1, -0.05) is 170 Å². The minimum absolute atomic E-state index is 0.146. The summed E-state index contributed by atoms with van der Waals surface area (Å²) in [5, 5.41) is 5.10. The molecule has 0 aliphatic heterocycles. The molecule has 0 bridgehead atoms. The van der Waals surface area contributed by atoms with E-state index in [4.69, 9.17) is 0 Å². The molecule has 6 aromatic rings. The van der Waals surface area contributed by atoms with Crippen molar-refractivity contribution in [3.8, 4) is 34.3 Å². The van der Waals surface area contributed by atoms with Crippen molar-refractivity contribution in [1.82, 2.24) is 0 Å². The molecule has 0 radical (unpaired) electrons. The van der Waals surface area contributed by atoms with Gasteiger partial charge in [0.15, 0.2) is 0 Å². The fraction of sp³-hybridized carbons (Fsp3) is 0.0698. The number of hydrogen-bond acceptors (Lipinski definition) is 0. The minimum atomic E-state index is -0.774. The van der Waals surface area contributed by atoms with E-state index < -0.39 is 15.8 Å². The average Bonchev–Trinajstić information content (AvgIpc) is 3.32. The molecule has 7 rings (SSSR count). The van der Waals surface area contributed by atoms with Gasteiger partial charge < -0.3 is 0 Å². The maximum atomic E-state index is 3.67. The first-order valence-corrected chi connectivity index (χ1v) is 17.9.